The highest BCUT2D eigenvalue weighted by Crippen LogP contribution is 2.27. The second-order valence-corrected chi connectivity index (χ2v) is 7.30. The summed E-state index contributed by atoms with van der Waals surface area (Å²) in [5, 5.41) is 5.08. The highest BCUT2D eigenvalue weighted by atomic mass is 32.1. The number of carbonyl (C=O) groups excluding carboxylic acids is 1. The lowest BCUT2D eigenvalue weighted by Crippen LogP contribution is -2.40. The van der Waals surface area contributed by atoms with Gasteiger partial charge in [0.1, 0.15) is 5.60 Å². The Balaban J connectivity index is 1.82. The molecule has 20 heavy (non-hydrogen) atoms. The lowest BCUT2D eigenvalue weighted by atomic mass is 10.2. The second-order valence-electron chi connectivity index (χ2n) is 6.32. The first-order valence-electron chi connectivity index (χ1n) is 7.12. The van der Waals surface area contributed by atoms with Gasteiger partial charge in [0.15, 0.2) is 0 Å². The third-order valence-corrected chi connectivity index (χ3v) is 4.49. The zero-order valence-corrected chi connectivity index (χ0v) is 13.5. The molecule has 1 fully saturated rings. The van der Waals surface area contributed by atoms with Crippen molar-refractivity contribution in [2.75, 3.05) is 13.1 Å². The van der Waals surface area contributed by atoms with Crippen molar-refractivity contribution >= 4 is 17.4 Å². The third kappa shape index (κ3) is 4.21. The molecule has 0 radical (unpaired) electrons. The van der Waals surface area contributed by atoms with Crippen LogP contribution in [0.2, 0.25) is 0 Å². The largest absolute Gasteiger partial charge is 0.444 e. The van der Waals surface area contributed by atoms with E-state index in [0.717, 1.165) is 19.5 Å². The van der Waals surface area contributed by atoms with E-state index in [1.165, 1.54) is 4.88 Å². The number of nitrogens with zero attached hydrogens (tertiary/aromatic N) is 1. The molecule has 0 aromatic carbocycles. The Kier molecular flexibility index (Phi) is 4.70. The normalized spacial score (nSPS) is 21.7. The molecule has 5 heteroatoms. The number of rotatable bonds is 3. The molecule has 0 saturated carbocycles. The quantitative estimate of drug-likeness (QED) is 0.929. The fraction of sp³-hybridized carbons (Fsp3) is 0.667. The summed E-state index contributed by atoms with van der Waals surface area (Å²) in [4.78, 5) is 15.6. The molecule has 1 saturated heterocycles. The lowest BCUT2D eigenvalue weighted by Gasteiger charge is -2.24. The Morgan fingerprint density at radius 2 is 2.30 bits per heavy atom. The smallest absolute Gasteiger partial charge is 0.407 e. The zero-order chi connectivity index (χ0) is 14.8. The van der Waals surface area contributed by atoms with E-state index in [1.54, 1.807) is 11.3 Å². The van der Waals surface area contributed by atoms with Gasteiger partial charge < -0.3 is 10.1 Å². The summed E-state index contributed by atoms with van der Waals surface area (Å²) in [7, 11) is 0. The van der Waals surface area contributed by atoms with Gasteiger partial charge in [0.2, 0.25) is 0 Å². The summed E-state index contributed by atoms with van der Waals surface area (Å²) in [6.07, 6.45) is 0.669. The fourth-order valence-corrected chi connectivity index (χ4v) is 3.26. The molecule has 112 valence electrons. The van der Waals surface area contributed by atoms with Gasteiger partial charge in [0.05, 0.1) is 0 Å². The highest BCUT2D eigenvalue weighted by Gasteiger charge is 2.29. The number of likely N-dealkylation sites (tertiary alicyclic amines) is 1. The number of nitrogens with one attached hydrogen (secondary N) is 1. The van der Waals surface area contributed by atoms with Crippen LogP contribution in [-0.4, -0.2) is 35.7 Å². The minimum Gasteiger partial charge on any atom is -0.444 e. The standard InChI is InChI=1S/C15H24N2O2S/c1-11(13-6-5-9-20-13)17-8-7-12(10-17)16-14(18)19-15(2,3)4/h5-6,9,11-12H,7-8,10H2,1-4H3,(H,16,18)/t11?,12-/m0/s1. The van der Waals surface area contributed by atoms with E-state index in [0.29, 0.717) is 6.04 Å². The SMILES string of the molecule is CC(c1cccs1)N1CC[C@H](NC(=O)OC(C)(C)C)C1. The number of carbonyl (C=O) groups is 1. The number of hydrogen-bond donors (Lipinski definition) is 1. The molecule has 1 aliphatic heterocycles. The monoisotopic (exact) mass is 296 g/mol. The van der Waals surface area contributed by atoms with Crippen LogP contribution in [0.3, 0.4) is 0 Å². The van der Waals surface area contributed by atoms with E-state index in [2.05, 4.69) is 34.7 Å². The molecule has 0 bridgehead atoms. The topological polar surface area (TPSA) is 41.6 Å². The van der Waals surface area contributed by atoms with Gasteiger partial charge in [0, 0.05) is 30.1 Å². The number of amides is 1. The van der Waals surface area contributed by atoms with E-state index in [-0.39, 0.29) is 12.1 Å². The molecule has 1 unspecified atom stereocenters. The highest BCUT2D eigenvalue weighted by molar-refractivity contribution is 7.10. The van der Waals surface area contributed by atoms with Crippen molar-refractivity contribution in [3.63, 3.8) is 0 Å². The molecule has 2 heterocycles. The second kappa shape index (κ2) is 6.14. The molecule has 0 spiro atoms. The summed E-state index contributed by atoms with van der Waals surface area (Å²) < 4.78 is 5.30. The molecule has 2 rings (SSSR count). The van der Waals surface area contributed by atoms with Gasteiger partial charge in [-0.1, -0.05) is 6.07 Å². The average molecular weight is 296 g/mol. The van der Waals surface area contributed by atoms with E-state index in [1.807, 2.05) is 20.8 Å². The Morgan fingerprint density at radius 3 is 2.90 bits per heavy atom. The fourth-order valence-electron chi connectivity index (χ4n) is 2.44. The Morgan fingerprint density at radius 1 is 1.55 bits per heavy atom. The summed E-state index contributed by atoms with van der Waals surface area (Å²) in [5.74, 6) is 0. The molecule has 0 aliphatic carbocycles. The minimum absolute atomic E-state index is 0.187. The number of ether oxygens (including phenoxy) is 1. The minimum atomic E-state index is -0.438. The van der Waals surface area contributed by atoms with Crippen molar-refractivity contribution in [1.29, 1.82) is 0 Å². The van der Waals surface area contributed by atoms with Crippen LogP contribution in [0.25, 0.3) is 0 Å². The van der Waals surface area contributed by atoms with E-state index >= 15 is 0 Å². The van der Waals surface area contributed by atoms with Gasteiger partial charge >= 0.3 is 6.09 Å². The summed E-state index contributed by atoms with van der Waals surface area (Å²) in [6.45, 7) is 9.77. The van der Waals surface area contributed by atoms with E-state index < -0.39 is 5.60 Å². The first kappa shape index (κ1) is 15.3. The maximum absolute atomic E-state index is 11.8. The lowest BCUT2D eigenvalue weighted by molar-refractivity contribution is 0.0504. The van der Waals surface area contributed by atoms with Crippen LogP contribution < -0.4 is 5.32 Å². The summed E-state index contributed by atoms with van der Waals surface area (Å²) in [5.41, 5.74) is -0.438. The van der Waals surface area contributed by atoms with E-state index in [9.17, 15) is 4.79 Å². The van der Waals surface area contributed by atoms with Gasteiger partial charge in [-0.2, -0.15) is 0 Å². The van der Waals surface area contributed by atoms with Crippen molar-refractivity contribution in [2.45, 2.75) is 51.8 Å². The van der Waals surface area contributed by atoms with Crippen molar-refractivity contribution in [3.05, 3.63) is 22.4 Å². The van der Waals surface area contributed by atoms with Crippen LogP contribution >= 0.6 is 11.3 Å². The van der Waals surface area contributed by atoms with Crippen molar-refractivity contribution in [2.24, 2.45) is 0 Å². The summed E-state index contributed by atoms with van der Waals surface area (Å²) in [6, 6.07) is 4.86. The van der Waals surface area contributed by atoms with Crippen LogP contribution in [0.15, 0.2) is 17.5 Å². The van der Waals surface area contributed by atoms with E-state index in [4.69, 9.17) is 4.74 Å². The zero-order valence-electron chi connectivity index (χ0n) is 12.7. The Labute approximate surface area is 125 Å². The first-order valence-corrected chi connectivity index (χ1v) is 8.00. The average Bonchev–Trinajstić information content (AvgIpc) is 2.95. The Bertz CT molecular complexity index is 439. The molecule has 1 N–H and O–H groups in total. The molecule has 1 aliphatic rings. The molecule has 2 atom stereocenters. The molecule has 1 aromatic heterocycles. The predicted octanol–water partition coefficient (Wildman–Crippen LogP) is 3.41. The van der Waals surface area contributed by atoms with Crippen LogP contribution in [-0.2, 0) is 4.74 Å². The third-order valence-electron chi connectivity index (χ3n) is 3.44. The number of alkyl carbamates (subject to hydrolysis) is 1. The van der Waals surface area contributed by atoms with Crippen LogP contribution in [0, 0.1) is 0 Å². The van der Waals surface area contributed by atoms with Crippen LogP contribution in [0.4, 0.5) is 4.79 Å². The maximum atomic E-state index is 11.8. The van der Waals surface area contributed by atoms with Crippen LogP contribution in [0.1, 0.15) is 45.0 Å². The van der Waals surface area contributed by atoms with Gasteiger partial charge in [-0.25, -0.2) is 4.79 Å². The Hall–Kier alpha value is -1.07. The maximum Gasteiger partial charge on any atom is 0.407 e. The number of thiophene rings is 1. The predicted molar refractivity (Wildman–Crippen MR) is 82.1 cm³/mol. The molecular formula is C15H24N2O2S. The number of hydrogen-bond acceptors (Lipinski definition) is 4. The van der Waals surface area contributed by atoms with Gasteiger partial charge in [0.25, 0.3) is 0 Å². The van der Waals surface area contributed by atoms with Crippen molar-refractivity contribution in [1.82, 2.24) is 10.2 Å². The van der Waals surface area contributed by atoms with Gasteiger partial charge in [-0.05, 0) is 45.6 Å². The van der Waals surface area contributed by atoms with Crippen LogP contribution in [0.5, 0.6) is 0 Å². The van der Waals surface area contributed by atoms with Gasteiger partial charge in [-0.15, -0.1) is 11.3 Å². The first-order chi connectivity index (χ1) is 9.35. The van der Waals surface area contributed by atoms with Crippen molar-refractivity contribution in [3.8, 4) is 0 Å². The molecule has 1 amide bonds. The summed E-state index contributed by atoms with van der Waals surface area (Å²) >= 11 is 1.79. The molecule has 4 nitrogen and oxygen atoms in total. The molecular weight excluding hydrogens is 272 g/mol. The van der Waals surface area contributed by atoms with Gasteiger partial charge in [-0.3, -0.25) is 4.90 Å². The molecule has 1 aromatic rings. The van der Waals surface area contributed by atoms with Crippen molar-refractivity contribution < 1.29 is 9.53 Å².